The fourth-order valence-electron chi connectivity index (χ4n) is 1.64. The van der Waals surface area contributed by atoms with Gasteiger partial charge in [-0.15, -0.1) is 0 Å². The topological polar surface area (TPSA) is 50.8 Å². The Bertz CT molecular complexity index is 248. The summed E-state index contributed by atoms with van der Waals surface area (Å²) in [5.74, 6) is 0.200. The molecule has 1 heterocycles. The van der Waals surface area contributed by atoms with Crippen LogP contribution in [0.4, 0.5) is 0 Å². The maximum atomic E-state index is 8.91. The Morgan fingerprint density at radius 3 is 2.15 bits per heavy atom. The Morgan fingerprint density at radius 1 is 1.23 bits per heavy atom. The normalized spacial score (nSPS) is 20.6. The van der Waals surface area contributed by atoms with Gasteiger partial charge in [0.25, 0.3) is 0 Å². The van der Waals surface area contributed by atoms with Crippen molar-refractivity contribution in [1.29, 1.82) is 10.5 Å². The first-order chi connectivity index (χ1) is 6.10. The summed E-state index contributed by atoms with van der Waals surface area (Å²) in [6.07, 6.45) is 1.81. The van der Waals surface area contributed by atoms with Crippen molar-refractivity contribution in [1.82, 2.24) is 4.90 Å². The predicted octanol–water partition coefficient (Wildman–Crippen LogP) is 1.52. The van der Waals surface area contributed by atoms with Gasteiger partial charge < -0.3 is 0 Å². The van der Waals surface area contributed by atoms with Gasteiger partial charge in [-0.2, -0.15) is 10.5 Å². The van der Waals surface area contributed by atoms with Gasteiger partial charge >= 0.3 is 0 Å². The van der Waals surface area contributed by atoms with E-state index >= 15 is 0 Å². The minimum Gasteiger partial charge on any atom is -0.286 e. The van der Waals surface area contributed by atoms with E-state index in [-0.39, 0.29) is 11.5 Å². The number of likely N-dealkylation sites (tertiary alicyclic amines) is 1. The first-order valence-corrected chi connectivity index (χ1v) is 4.66. The zero-order chi connectivity index (χ0) is 9.90. The molecular weight excluding hydrogens is 162 g/mol. The Kier molecular flexibility index (Phi) is 2.90. The van der Waals surface area contributed by atoms with E-state index < -0.39 is 0 Å². The highest BCUT2D eigenvalue weighted by atomic mass is 15.2. The molecule has 0 atom stereocenters. The van der Waals surface area contributed by atoms with E-state index in [2.05, 4.69) is 17.0 Å². The van der Waals surface area contributed by atoms with Crippen molar-refractivity contribution in [2.75, 3.05) is 13.1 Å². The number of nitriles is 2. The van der Waals surface area contributed by atoms with Gasteiger partial charge in [0.2, 0.25) is 0 Å². The molecule has 0 unspecified atom stereocenters. The molecular formula is C10H15N3. The van der Waals surface area contributed by atoms with Gasteiger partial charge in [0.05, 0.1) is 12.1 Å². The Morgan fingerprint density at radius 2 is 1.77 bits per heavy atom. The lowest BCUT2D eigenvalue weighted by Gasteiger charge is -2.37. The zero-order valence-corrected chi connectivity index (χ0v) is 8.25. The van der Waals surface area contributed by atoms with Gasteiger partial charge in [0.15, 0.2) is 0 Å². The molecule has 70 valence electrons. The van der Waals surface area contributed by atoms with Crippen molar-refractivity contribution < 1.29 is 0 Å². The fraction of sp³-hybridized carbons (Fsp3) is 0.800. The van der Waals surface area contributed by atoms with Gasteiger partial charge in [0.1, 0.15) is 5.54 Å². The van der Waals surface area contributed by atoms with E-state index in [1.54, 1.807) is 0 Å². The highest BCUT2D eigenvalue weighted by Gasteiger charge is 2.30. The van der Waals surface area contributed by atoms with Crippen molar-refractivity contribution in [3.8, 4) is 12.1 Å². The van der Waals surface area contributed by atoms with Crippen LogP contribution in [0.3, 0.4) is 0 Å². The first kappa shape index (κ1) is 10.0. The van der Waals surface area contributed by atoms with Crippen LogP contribution < -0.4 is 0 Å². The molecule has 0 bridgehead atoms. The summed E-state index contributed by atoms with van der Waals surface area (Å²) < 4.78 is 0. The van der Waals surface area contributed by atoms with Crippen molar-refractivity contribution in [2.45, 2.75) is 32.2 Å². The van der Waals surface area contributed by atoms with Crippen LogP contribution in [0.1, 0.15) is 26.7 Å². The summed E-state index contributed by atoms with van der Waals surface area (Å²) >= 11 is 0. The van der Waals surface area contributed by atoms with E-state index in [9.17, 15) is 0 Å². The average molecular weight is 177 g/mol. The van der Waals surface area contributed by atoms with Crippen molar-refractivity contribution in [3.63, 3.8) is 0 Å². The van der Waals surface area contributed by atoms with E-state index in [0.717, 1.165) is 25.9 Å². The SMILES string of the molecule is CC(C)(C#N)N1CCC(C#N)CC1. The number of rotatable bonds is 1. The van der Waals surface area contributed by atoms with Crippen LogP contribution in [0, 0.1) is 28.6 Å². The van der Waals surface area contributed by atoms with Crippen LogP contribution >= 0.6 is 0 Å². The zero-order valence-electron chi connectivity index (χ0n) is 8.25. The lowest BCUT2D eigenvalue weighted by atomic mass is 9.94. The lowest BCUT2D eigenvalue weighted by Crippen LogP contribution is -2.47. The molecule has 1 aliphatic heterocycles. The van der Waals surface area contributed by atoms with Crippen LogP contribution in [0.25, 0.3) is 0 Å². The molecule has 13 heavy (non-hydrogen) atoms. The third-order valence-electron chi connectivity index (χ3n) is 2.74. The molecule has 0 spiro atoms. The second-order valence-corrected chi connectivity index (χ2v) is 4.06. The molecule has 0 amide bonds. The molecule has 0 aromatic heterocycles. The summed E-state index contributed by atoms with van der Waals surface area (Å²) in [7, 11) is 0. The highest BCUT2D eigenvalue weighted by molar-refractivity contribution is 5.03. The number of hydrogen-bond donors (Lipinski definition) is 0. The molecule has 1 saturated heterocycles. The number of piperidine rings is 1. The highest BCUT2D eigenvalue weighted by Crippen LogP contribution is 2.22. The lowest BCUT2D eigenvalue weighted by molar-refractivity contribution is 0.123. The third-order valence-corrected chi connectivity index (χ3v) is 2.74. The van der Waals surface area contributed by atoms with Gasteiger partial charge in [-0.25, -0.2) is 0 Å². The number of nitrogens with zero attached hydrogens (tertiary/aromatic N) is 3. The van der Waals surface area contributed by atoms with Crippen molar-refractivity contribution in [3.05, 3.63) is 0 Å². The van der Waals surface area contributed by atoms with Crippen molar-refractivity contribution >= 4 is 0 Å². The van der Waals surface area contributed by atoms with Crippen LogP contribution in [0.5, 0.6) is 0 Å². The standard InChI is InChI=1S/C10H15N3/c1-10(2,8-12)13-5-3-9(7-11)4-6-13/h9H,3-6H2,1-2H3. The molecule has 1 aliphatic rings. The molecule has 0 aliphatic carbocycles. The predicted molar refractivity (Wildman–Crippen MR) is 49.6 cm³/mol. The average Bonchev–Trinajstić information content (AvgIpc) is 2.18. The van der Waals surface area contributed by atoms with Gasteiger partial charge in [-0.3, -0.25) is 4.90 Å². The van der Waals surface area contributed by atoms with Gasteiger partial charge in [-0.1, -0.05) is 0 Å². The molecule has 0 radical (unpaired) electrons. The second kappa shape index (κ2) is 3.77. The summed E-state index contributed by atoms with van der Waals surface area (Å²) in [4.78, 5) is 2.15. The summed E-state index contributed by atoms with van der Waals surface area (Å²) in [5.41, 5.74) is -0.375. The molecule has 0 aromatic carbocycles. The quantitative estimate of drug-likeness (QED) is 0.610. The van der Waals surface area contributed by atoms with Crippen LogP contribution in [-0.4, -0.2) is 23.5 Å². The number of hydrogen-bond acceptors (Lipinski definition) is 3. The van der Waals surface area contributed by atoms with Crippen molar-refractivity contribution in [2.24, 2.45) is 5.92 Å². The van der Waals surface area contributed by atoms with E-state index in [1.165, 1.54) is 0 Å². The van der Waals surface area contributed by atoms with Crippen LogP contribution in [-0.2, 0) is 0 Å². The second-order valence-electron chi connectivity index (χ2n) is 4.06. The minimum absolute atomic E-state index is 0.200. The van der Waals surface area contributed by atoms with Gasteiger partial charge in [-0.05, 0) is 26.7 Å². The Balaban J connectivity index is 2.52. The first-order valence-electron chi connectivity index (χ1n) is 4.66. The van der Waals surface area contributed by atoms with Crippen LogP contribution in [0.2, 0.25) is 0 Å². The van der Waals surface area contributed by atoms with E-state index in [4.69, 9.17) is 10.5 Å². The van der Waals surface area contributed by atoms with E-state index in [0.29, 0.717) is 0 Å². The van der Waals surface area contributed by atoms with Crippen LogP contribution in [0.15, 0.2) is 0 Å². The molecule has 1 fully saturated rings. The Hall–Kier alpha value is -1.06. The minimum atomic E-state index is -0.375. The maximum absolute atomic E-state index is 8.91. The summed E-state index contributed by atoms with van der Waals surface area (Å²) in [6, 6.07) is 4.57. The Labute approximate surface area is 79.6 Å². The maximum Gasteiger partial charge on any atom is 0.103 e. The molecule has 1 rings (SSSR count). The summed E-state index contributed by atoms with van der Waals surface area (Å²) in [5, 5.41) is 17.6. The van der Waals surface area contributed by atoms with Gasteiger partial charge in [0, 0.05) is 19.0 Å². The van der Waals surface area contributed by atoms with E-state index in [1.807, 2.05) is 13.8 Å². The molecule has 0 aromatic rings. The smallest absolute Gasteiger partial charge is 0.103 e. The molecule has 3 heteroatoms. The third kappa shape index (κ3) is 2.20. The molecule has 3 nitrogen and oxygen atoms in total. The molecule has 0 saturated carbocycles. The largest absolute Gasteiger partial charge is 0.286 e. The molecule has 0 N–H and O–H groups in total. The fourth-order valence-corrected chi connectivity index (χ4v) is 1.64. The monoisotopic (exact) mass is 177 g/mol. The summed E-state index contributed by atoms with van der Waals surface area (Å²) in [6.45, 7) is 5.61.